The van der Waals surface area contributed by atoms with Gasteiger partial charge in [-0.05, 0) is 0 Å². The highest BCUT2D eigenvalue weighted by atomic mass is 16.6. The summed E-state index contributed by atoms with van der Waals surface area (Å²) in [5.41, 5.74) is 0.416. The summed E-state index contributed by atoms with van der Waals surface area (Å²) in [4.78, 5) is 10.7. The molecular formula is C9H12O4. The second-order valence-corrected chi connectivity index (χ2v) is 2.81. The van der Waals surface area contributed by atoms with E-state index < -0.39 is 0 Å². The number of hydrogen-bond acceptors (Lipinski definition) is 4. The van der Waals surface area contributed by atoms with Crippen molar-refractivity contribution in [2.75, 3.05) is 13.2 Å². The number of esters is 1. The predicted molar refractivity (Wildman–Crippen MR) is 45.8 cm³/mol. The molecule has 1 heterocycles. The highest BCUT2D eigenvalue weighted by molar-refractivity contribution is 5.71. The van der Waals surface area contributed by atoms with Gasteiger partial charge in [0.1, 0.15) is 18.5 Å². The molecule has 1 aliphatic heterocycles. The molecule has 4 nitrogen and oxygen atoms in total. The Balaban J connectivity index is 2.37. The van der Waals surface area contributed by atoms with Gasteiger partial charge in [-0.15, -0.1) is 0 Å². The van der Waals surface area contributed by atoms with E-state index in [4.69, 9.17) is 9.84 Å². The van der Waals surface area contributed by atoms with E-state index in [0.29, 0.717) is 11.3 Å². The number of carbonyl (C=O) groups excluding carboxylic acids is 1. The van der Waals surface area contributed by atoms with Crippen LogP contribution in [0.25, 0.3) is 0 Å². The Kier molecular flexibility index (Phi) is 3.08. The second-order valence-electron chi connectivity index (χ2n) is 2.81. The largest absolute Gasteiger partial charge is 0.487 e. The molecular weight excluding hydrogens is 172 g/mol. The first-order valence-corrected chi connectivity index (χ1v) is 3.93. The minimum Gasteiger partial charge on any atom is -0.487 e. The van der Waals surface area contributed by atoms with Gasteiger partial charge in [0.15, 0.2) is 0 Å². The first-order chi connectivity index (χ1) is 6.13. The van der Waals surface area contributed by atoms with E-state index >= 15 is 0 Å². The number of ether oxygens (including phenoxy) is 2. The Labute approximate surface area is 76.5 Å². The van der Waals surface area contributed by atoms with Crippen molar-refractivity contribution in [2.45, 2.75) is 12.5 Å². The number of aliphatic hydroxyl groups excluding tert-OH is 1. The van der Waals surface area contributed by atoms with Gasteiger partial charge in [-0.1, -0.05) is 13.2 Å². The molecule has 72 valence electrons. The highest BCUT2D eigenvalue weighted by Crippen LogP contribution is 2.16. The minimum atomic E-state index is -0.289. The standard InChI is InChI=1S/C9H12O4/c1-6(4-10)7(2)13-8-3-9(11)12-5-8/h8,10H,1-5H2. The van der Waals surface area contributed by atoms with Crippen LogP contribution in [0, 0.1) is 0 Å². The van der Waals surface area contributed by atoms with Gasteiger partial charge in [0.2, 0.25) is 0 Å². The molecule has 0 spiro atoms. The van der Waals surface area contributed by atoms with Gasteiger partial charge in [-0.2, -0.15) is 0 Å². The smallest absolute Gasteiger partial charge is 0.309 e. The quantitative estimate of drug-likeness (QED) is 0.390. The molecule has 0 aliphatic carbocycles. The summed E-state index contributed by atoms with van der Waals surface area (Å²) in [5.74, 6) is 0.0400. The molecule has 13 heavy (non-hydrogen) atoms. The van der Waals surface area contributed by atoms with Crippen LogP contribution in [0.5, 0.6) is 0 Å². The zero-order chi connectivity index (χ0) is 9.84. The molecule has 0 aromatic carbocycles. The fourth-order valence-electron chi connectivity index (χ4n) is 0.938. The fraction of sp³-hybridized carbons (Fsp3) is 0.444. The lowest BCUT2D eigenvalue weighted by atomic mass is 10.2. The first-order valence-electron chi connectivity index (χ1n) is 3.93. The van der Waals surface area contributed by atoms with Crippen LogP contribution in [0.1, 0.15) is 6.42 Å². The van der Waals surface area contributed by atoms with E-state index in [1.807, 2.05) is 0 Å². The summed E-state index contributed by atoms with van der Waals surface area (Å²) in [6.07, 6.45) is -0.0548. The zero-order valence-electron chi connectivity index (χ0n) is 7.28. The van der Waals surface area contributed by atoms with Crippen LogP contribution in [0.4, 0.5) is 0 Å². The monoisotopic (exact) mass is 184 g/mol. The lowest BCUT2D eigenvalue weighted by molar-refractivity contribution is -0.137. The molecule has 0 radical (unpaired) electrons. The third kappa shape index (κ3) is 2.59. The molecule has 4 heteroatoms. The number of aliphatic hydroxyl groups is 1. The maximum atomic E-state index is 10.7. The molecule has 0 saturated carbocycles. The van der Waals surface area contributed by atoms with Crippen LogP contribution in [-0.4, -0.2) is 30.4 Å². The van der Waals surface area contributed by atoms with Gasteiger partial charge in [0.25, 0.3) is 0 Å². The summed E-state index contributed by atoms with van der Waals surface area (Å²) in [7, 11) is 0. The Morgan fingerprint density at radius 1 is 1.69 bits per heavy atom. The van der Waals surface area contributed by atoms with Crippen LogP contribution in [-0.2, 0) is 14.3 Å². The first kappa shape index (κ1) is 9.80. The summed E-state index contributed by atoms with van der Waals surface area (Å²) in [5, 5.41) is 8.69. The van der Waals surface area contributed by atoms with E-state index in [9.17, 15) is 4.79 Å². The average molecular weight is 184 g/mol. The number of carbonyl (C=O) groups is 1. The van der Waals surface area contributed by atoms with Gasteiger partial charge >= 0.3 is 5.97 Å². The van der Waals surface area contributed by atoms with Crippen molar-refractivity contribution < 1.29 is 19.4 Å². The van der Waals surface area contributed by atoms with Crippen LogP contribution >= 0.6 is 0 Å². The van der Waals surface area contributed by atoms with E-state index in [1.54, 1.807) is 0 Å². The van der Waals surface area contributed by atoms with Gasteiger partial charge in [-0.25, -0.2) is 0 Å². The van der Waals surface area contributed by atoms with Crippen molar-refractivity contribution in [1.82, 2.24) is 0 Å². The van der Waals surface area contributed by atoms with Crippen molar-refractivity contribution in [3.8, 4) is 0 Å². The van der Waals surface area contributed by atoms with E-state index in [1.165, 1.54) is 0 Å². The van der Waals surface area contributed by atoms with E-state index in [2.05, 4.69) is 17.9 Å². The molecule has 0 aromatic rings. The van der Waals surface area contributed by atoms with Crippen molar-refractivity contribution in [1.29, 1.82) is 0 Å². The van der Waals surface area contributed by atoms with Crippen molar-refractivity contribution in [3.63, 3.8) is 0 Å². The van der Waals surface area contributed by atoms with Gasteiger partial charge in [0.05, 0.1) is 13.0 Å². The Morgan fingerprint density at radius 3 is 2.85 bits per heavy atom. The van der Waals surface area contributed by atoms with Gasteiger partial charge in [0, 0.05) is 5.57 Å². The molecule has 1 N–H and O–H groups in total. The third-order valence-electron chi connectivity index (χ3n) is 1.72. The summed E-state index contributed by atoms with van der Waals surface area (Å²) in [6, 6.07) is 0. The normalized spacial score (nSPS) is 21.0. The molecule has 0 amide bonds. The Morgan fingerprint density at radius 2 is 2.38 bits per heavy atom. The lowest BCUT2D eigenvalue weighted by Gasteiger charge is -2.13. The van der Waals surface area contributed by atoms with E-state index in [0.717, 1.165) is 0 Å². The molecule has 1 rings (SSSR count). The van der Waals surface area contributed by atoms with Crippen LogP contribution < -0.4 is 0 Å². The Hall–Kier alpha value is -1.29. The summed E-state index contributed by atoms with van der Waals surface area (Å²) in [6.45, 7) is 7.15. The number of cyclic esters (lactones) is 1. The molecule has 1 unspecified atom stereocenters. The summed E-state index contributed by atoms with van der Waals surface area (Å²) >= 11 is 0. The van der Waals surface area contributed by atoms with Gasteiger partial charge < -0.3 is 14.6 Å². The molecule has 1 aliphatic rings. The molecule has 0 bridgehead atoms. The van der Waals surface area contributed by atoms with Crippen molar-refractivity contribution in [3.05, 3.63) is 24.5 Å². The number of rotatable bonds is 4. The zero-order valence-corrected chi connectivity index (χ0v) is 7.28. The topological polar surface area (TPSA) is 55.8 Å². The SMILES string of the molecule is C=C(CO)C(=C)OC1COC(=O)C1. The third-order valence-corrected chi connectivity index (χ3v) is 1.72. The molecule has 1 atom stereocenters. The summed E-state index contributed by atoms with van der Waals surface area (Å²) < 4.78 is 9.92. The highest BCUT2D eigenvalue weighted by Gasteiger charge is 2.25. The Bertz CT molecular complexity index is 244. The molecule has 0 aromatic heterocycles. The maximum absolute atomic E-state index is 10.7. The van der Waals surface area contributed by atoms with E-state index in [-0.39, 0.29) is 31.7 Å². The predicted octanol–water partition coefficient (Wildman–Crippen LogP) is 0.381. The number of hydrogen-bond donors (Lipinski definition) is 1. The minimum absolute atomic E-state index is 0.194. The van der Waals surface area contributed by atoms with Crippen molar-refractivity contribution in [2.24, 2.45) is 0 Å². The van der Waals surface area contributed by atoms with Crippen molar-refractivity contribution >= 4 is 5.97 Å². The van der Waals surface area contributed by atoms with Crippen LogP contribution in [0.3, 0.4) is 0 Å². The fourth-order valence-corrected chi connectivity index (χ4v) is 0.938. The average Bonchev–Trinajstić information content (AvgIpc) is 2.49. The second kappa shape index (κ2) is 4.09. The van der Waals surface area contributed by atoms with Crippen LogP contribution in [0.2, 0.25) is 0 Å². The molecule has 1 fully saturated rings. The molecule has 1 saturated heterocycles. The maximum Gasteiger partial charge on any atom is 0.309 e. The van der Waals surface area contributed by atoms with Crippen LogP contribution in [0.15, 0.2) is 24.5 Å². The lowest BCUT2D eigenvalue weighted by Crippen LogP contribution is -2.13. The van der Waals surface area contributed by atoms with Gasteiger partial charge in [-0.3, -0.25) is 4.79 Å².